The predicted octanol–water partition coefficient (Wildman–Crippen LogP) is 4.40. The summed E-state index contributed by atoms with van der Waals surface area (Å²) in [5, 5.41) is 6.83. The fraction of sp³-hybridized carbons (Fsp3) is 0.524. The van der Waals surface area contributed by atoms with Crippen LogP contribution in [0.4, 0.5) is 0 Å². The maximum atomic E-state index is 13.3. The molecule has 0 saturated carbocycles. The van der Waals surface area contributed by atoms with Gasteiger partial charge in [-0.3, -0.25) is 0 Å². The van der Waals surface area contributed by atoms with Crippen molar-refractivity contribution in [2.45, 2.75) is 52.6 Å². The summed E-state index contributed by atoms with van der Waals surface area (Å²) in [6.45, 7) is 8.81. The Hall–Kier alpha value is -0.990. The second-order valence-electron chi connectivity index (χ2n) is 7.85. The quantitative estimate of drug-likeness (QED) is 0.533. The number of rotatable bonds is 8. The van der Waals surface area contributed by atoms with Crippen LogP contribution in [0.2, 0.25) is 0 Å². The topological polar surface area (TPSA) is 47.1 Å². The summed E-state index contributed by atoms with van der Waals surface area (Å²) in [5.74, 6) is 1.12. The largest absolute Gasteiger partial charge is 0.651 e. The first kappa shape index (κ1) is 20.3. The molecule has 0 bridgehead atoms. The molecule has 1 aliphatic rings. The number of nitrogens with one attached hydrogen (secondary N) is 2. The van der Waals surface area contributed by atoms with Gasteiger partial charge in [-0.25, -0.2) is 0 Å². The van der Waals surface area contributed by atoms with Crippen LogP contribution in [0.15, 0.2) is 48.6 Å². The molecule has 1 unspecified atom stereocenters. The van der Waals surface area contributed by atoms with Gasteiger partial charge >= 0.3 is 0 Å². The van der Waals surface area contributed by atoms with E-state index in [0.29, 0.717) is 18.0 Å². The van der Waals surface area contributed by atoms with E-state index in [4.69, 9.17) is 0 Å². The summed E-state index contributed by atoms with van der Waals surface area (Å²) in [6, 6.07) is 10.6. The summed E-state index contributed by atoms with van der Waals surface area (Å²) in [6.07, 6.45) is 11.1. The predicted molar refractivity (Wildman–Crippen MR) is 109 cm³/mol. The van der Waals surface area contributed by atoms with Gasteiger partial charge in [0.05, 0.1) is 12.1 Å². The van der Waals surface area contributed by atoms with Gasteiger partial charge < -0.3 is 4.89 Å². The number of hydrogen-bond donors (Lipinski definition) is 2. The van der Waals surface area contributed by atoms with Gasteiger partial charge in [-0.05, 0) is 36.3 Å². The van der Waals surface area contributed by atoms with Crippen LogP contribution in [0.1, 0.15) is 46.1 Å². The first-order chi connectivity index (χ1) is 11.9. The van der Waals surface area contributed by atoms with Crippen molar-refractivity contribution < 1.29 is 4.89 Å². The molecule has 138 valence electrons. The molecule has 0 aliphatic carbocycles. The van der Waals surface area contributed by atoms with E-state index in [9.17, 15) is 4.89 Å². The third-order valence-electron chi connectivity index (χ3n) is 4.25. The van der Waals surface area contributed by atoms with Gasteiger partial charge in [0.25, 0.3) is 0 Å². The van der Waals surface area contributed by atoms with Crippen molar-refractivity contribution in [2.75, 3.05) is 6.16 Å². The van der Waals surface area contributed by atoms with E-state index in [1.54, 1.807) is 0 Å². The molecule has 0 fully saturated rings. The molecule has 0 amide bonds. The van der Waals surface area contributed by atoms with Gasteiger partial charge in [0, 0.05) is 0 Å². The Morgan fingerprint density at radius 1 is 1.20 bits per heavy atom. The fourth-order valence-corrected chi connectivity index (χ4v) is 5.37. The maximum Gasteiger partial charge on any atom is 0.105 e. The third kappa shape index (κ3) is 7.42. The molecule has 0 spiro atoms. The molecular weight excluding hydrogens is 327 g/mol. The van der Waals surface area contributed by atoms with E-state index in [0.717, 1.165) is 12.8 Å². The van der Waals surface area contributed by atoms with Gasteiger partial charge in [-0.15, -0.1) is 0 Å². The normalized spacial score (nSPS) is 25.2. The second kappa shape index (κ2) is 9.64. The molecule has 4 heteroatoms. The zero-order valence-corrected chi connectivity index (χ0v) is 16.9. The van der Waals surface area contributed by atoms with Crippen molar-refractivity contribution in [1.29, 1.82) is 0 Å². The van der Waals surface area contributed by atoms with Crippen LogP contribution in [0.5, 0.6) is 0 Å². The van der Waals surface area contributed by atoms with Crippen molar-refractivity contribution in [1.82, 2.24) is 10.2 Å². The van der Waals surface area contributed by atoms with E-state index in [-0.39, 0.29) is 12.1 Å². The molecule has 1 heterocycles. The standard InChI is InChI=1S/C21H33N2OP/c1-17(2)15-20-11-8-14-25(24,22-20)23-21(16-18(3)4)13-12-19-9-6-5-7-10-19/h5-13,17-18,20-21H,14-16H2,1-4H3,(H2,22,23,24)/b13-12+/t20-,21-,25?/m1/s1. The minimum atomic E-state index is -2.60. The molecule has 3 atom stereocenters. The fourth-order valence-electron chi connectivity index (χ4n) is 3.21. The summed E-state index contributed by atoms with van der Waals surface area (Å²) in [4.78, 5) is 13.3. The van der Waals surface area contributed by atoms with E-state index in [1.807, 2.05) is 18.2 Å². The average Bonchev–Trinajstić information content (AvgIpc) is 2.52. The third-order valence-corrected chi connectivity index (χ3v) is 6.47. The molecule has 1 aliphatic heterocycles. The van der Waals surface area contributed by atoms with Gasteiger partial charge in [0.2, 0.25) is 0 Å². The SMILES string of the molecule is CC(C)C[C@H]1C=CC[P+]([O-])(N[C@H](/C=C/c2ccccc2)CC(C)C)N1. The van der Waals surface area contributed by atoms with Gasteiger partial charge in [0.1, 0.15) is 14.0 Å². The van der Waals surface area contributed by atoms with Crippen LogP contribution in [0.3, 0.4) is 0 Å². The lowest BCUT2D eigenvalue weighted by molar-refractivity contribution is -0.177. The molecule has 1 aromatic rings. The molecule has 1 aromatic carbocycles. The van der Waals surface area contributed by atoms with Gasteiger partial charge in [-0.2, -0.15) is 10.2 Å². The lowest BCUT2D eigenvalue weighted by atomic mass is 10.0. The Bertz CT molecular complexity index is 571. The van der Waals surface area contributed by atoms with Crippen LogP contribution in [-0.4, -0.2) is 18.2 Å². The van der Waals surface area contributed by atoms with Crippen LogP contribution in [0.25, 0.3) is 6.08 Å². The summed E-state index contributed by atoms with van der Waals surface area (Å²) >= 11 is 0. The number of benzene rings is 1. The summed E-state index contributed by atoms with van der Waals surface area (Å²) < 4.78 is 0. The van der Waals surface area contributed by atoms with Gasteiger partial charge in [-0.1, -0.05) is 76.3 Å². The molecule has 0 saturated heterocycles. The monoisotopic (exact) mass is 360 g/mol. The summed E-state index contributed by atoms with van der Waals surface area (Å²) in [7, 11) is -2.60. The van der Waals surface area contributed by atoms with E-state index in [2.05, 4.69) is 74.3 Å². The van der Waals surface area contributed by atoms with Crippen molar-refractivity contribution in [2.24, 2.45) is 11.8 Å². The van der Waals surface area contributed by atoms with E-state index < -0.39 is 7.79 Å². The Morgan fingerprint density at radius 3 is 2.56 bits per heavy atom. The van der Waals surface area contributed by atoms with E-state index >= 15 is 0 Å². The minimum Gasteiger partial charge on any atom is -0.651 e. The highest BCUT2D eigenvalue weighted by atomic mass is 31.2. The second-order valence-corrected chi connectivity index (χ2v) is 10.2. The molecule has 0 aromatic heterocycles. The highest BCUT2D eigenvalue weighted by molar-refractivity contribution is 7.65. The minimum absolute atomic E-state index is 0.102. The summed E-state index contributed by atoms with van der Waals surface area (Å²) in [5.41, 5.74) is 1.17. The van der Waals surface area contributed by atoms with Crippen molar-refractivity contribution in [3.63, 3.8) is 0 Å². The molecule has 2 rings (SSSR count). The van der Waals surface area contributed by atoms with Crippen molar-refractivity contribution in [3.05, 3.63) is 54.1 Å². The van der Waals surface area contributed by atoms with Crippen LogP contribution in [0, 0.1) is 11.8 Å². The van der Waals surface area contributed by atoms with Crippen LogP contribution < -0.4 is 15.1 Å². The maximum absolute atomic E-state index is 13.3. The molecular formula is C21H33N2OP. The zero-order chi connectivity index (χ0) is 18.3. The number of allylic oxidation sites excluding steroid dienone is 1. The lowest BCUT2D eigenvalue weighted by Crippen LogP contribution is -2.47. The zero-order valence-electron chi connectivity index (χ0n) is 16.0. The van der Waals surface area contributed by atoms with Crippen molar-refractivity contribution >= 4 is 13.9 Å². The average molecular weight is 360 g/mol. The smallest absolute Gasteiger partial charge is 0.105 e. The number of hydrogen-bond acceptors (Lipinski definition) is 3. The van der Waals surface area contributed by atoms with E-state index in [1.165, 1.54) is 5.56 Å². The Balaban J connectivity index is 2.05. The lowest BCUT2D eigenvalue weighted by Gasteiger charge is -2.39. The van der Waals surface area contributed by atoms with Gasteiger partial charge in [0.15, 0.2) is 0 Å². The first-order valence-corrected chi connectivity index (χ1v) is 11.3. The molecule has 3 nitrogen and oxygen atoms in total. The Morgan fingerprint density at radius 2 is 1.92 bits per heavy atom. The molecule has 2 N–H and O–H groups in total. The highest BCUT2D eigenvalue weighted by Crippen LogP contribution is 2.45. The van der Waals surface area contributed by atoms with Crippen LogP contribution >= 0.6 is 7.79 Å². The Kier molecular flexibility index (Phi) is 7.83. The van der Waals surface area contributed by atoms with Crippen molar-refractivity contribution in [3.8, 4) is 0 Å². The Labute approximate surface area is 154 Å². The van der Waals surface area contributed by atoms with Crippen LogP contribution in [-0.2, 0) is 0 Å². The first-order valence-electron chi connectivity index (χ1n) is 9.41. The molecule has 25 heavy (non-hydrogen) atoms. The highest BCUT2D eigenvalue weighted by Gasteiger charge is 2.33. The molecule has 0 radical (unpaired) electrons.